The average molecular weight is 638 g/mol. The zero-order chi connectivity index (χ0) is 28.6. The Morgan fingerprint density at radius 3 is 2.51 bits per heavy atom. The maximum Gasteiger partial charge on any atom is 0.420 e. The van der Waals surface area contributed by atoms with Gasteiger partial charge in [-0.3, -0.25) is 9.59 Å². The maximum atomic E-state index is 13.7. The van der Waals surface area contributed by atoms with Crippen molar-refractivity contribution in [3.8, 4) is 5.82 Å². The fraction of sp³-hybridized carbons (Fsp3) is 0.346. The molecule has 4 rings (SSSR count). The maximum absolute atomic E-state index is 13.7. The lowest BCUT2D eigenvalue weighted by Crippen LogP contribution is -2.38. The Balaban J connectivity index is 1.92. The Hall–Kier alpha value is -3.15. The van der Waals surface area contributed by atoms with Gasteiger partial charge >= 0.3 is 6.09 Å². The molecule has 1 aromatic carbocycles. The van der Waals surface area contributed by atoms with Gasteiger partial charge in [0.05, 0.1) is 16.3 Å². The molecule has 1 aliphatic carbocycles. The van der Waals surface area contributed by atoms with Gasteiger partial charge in [0.2, 0.25) is 0 Å². The summed E-state index contributed by atoms with van der Waals surface area (Å²) in [5.41, 5.74) is 4.86. The van der Waals surface area contributed by atoms with Crippen LogP contribution in [0.1, 0.15) is 61.4 Å². The molecule has 13 heteroatoms. The zero-order valence-electron chi connectivity index (χ0n) is 21.7. The van der Waals surface area contributed by atoms with E-state index in [1.807, 2.05) is 6.92 Å². The van der Waals surface area contributed by atoms with Gasteiger partial charge in [-0.25, -0.2) is 19.4 Å². The van der Waals surface area contributed by atoms with E-state index < -0.39 is 23.5 Å². The molecule has 1 saturated carbocycles. The van der Waals surface area contributed by atoms with Gasteiger partial charge in [0, 0.05) is 27.8 Å². The lowest BCUT2D eigenvalue weighted by Gasteiger charge is -2.28. The standard InChI is InChI=1S/C26H27BrCl2N6O4/c1-13(14-7-8-14)32-24(37)16-10-15(28)11-17(27)21(16)34(25(38)39-26(2,3)4)20-12-19(22(30)36)35(33-20)23-18(29)6-5-9-31-23/h5-6,9-14H,7-8H2,1-4H3,(H2,30,36)(H,32,37). The van der Waals surface area contributed by atoms with Gasteiger partial charge in [-0.2, -0.15) is 0 Å². The van der Waals surface area contributed by atoms with Crippen LogP contribution in [0.5, 0.6) is 0 Å². The molecule has 0 aliphatic heterocycles. The van der Waals surface area contributed by atoms with Crippen LogP contribution in [0, 0.1) is 5.92 Å². The molecule has 3 aromatic rings. The number of primary amides is 1. The number of pyridine rings is 1. The summed E-state index contributed by atoms with van der Waals surface area (Å²) in [5, 5.41) is 7.91. The van der Waals surface area contributed by atoms with Crippen molar-refractivity contribution in [3.63, 3.8) is 0 Å². The van der Waals surface area contributed by atoms with E-state index in [4.69, 9.17) is 33.7 Å². The number of carbonyl (C=O) groups is 3. The van der Waals surface area contributed by atoms with E-state index in [0.717, 1.165) is 22.4 Å². The molecule has 0 saturated heterocycles. The van der Waals surface area contributed by atoms with E-state index in [2.05, 4.69) is 31.3 Å². The number of rotatable bonds is 7. The van der Waals surface area contributed by atoms with Crippen LogP contribution in [0.25, 0.3) is 5.82 Å². The van der Waals surface area contributed by atoms with Gasteiger partial charge in [-0.15, -0.1) is 5.10 Å². The van der Waals surface area contributed by atoms with Crippen LogP contribution in [0.3, 0.4) is 0 Å². The molecule has 3 N–H and O–H groups in total. The number of nitrogens with two attached hydrogens (primary N) is 1. The second kappa shape index (κ2) is 11.1. The van der Waals surface area contributed by atoms with Gasteiger partial charge in [0.1, 0.15) is 11.3 Å². The van der Waals surface area contributed by atoms with E-state index in [-0.39, 0.29) is 44.7 Å². The van der Waals surface area contributed by atoms with Crippen LogP contribution in [0.4, 0.5) is 16.3 Å². The monoisotopic (exact) mass is 636 g/mol. The quantitative estimate of drug-likeness (QED) is 0.325. The first-order valence-corrected chi connectivity index (χ1v) is 13.7. The first-order chi connectivity index (χ1) is 18.3. The number of carbonyl (C=O) groups excluding carboxylic acids is 3. The number of halogens is 3. The Morgan fingerprint density at radius 1 is 1.23 bits per heavy atom. The fourth-order valence-electron chi connectivity index (χ4n) is 3.92. The van der Waals surface area contributed by atoms with E-state index in [1.54, 1.807) is 32.9 Å². The largest absolute Gasteiger partial charge is 0.443 e. The van der Waals surface area contributed by atoms with Crippen LogP contribution >= 0.6 is 39.1 Å². The smallest absolute Gasteiger partial charge is 0.420 e. The molecule has 0 radical (unpaired) electrons. The Bertz CT molecular complexity index is 1450. The number of hydrogen-bond donors (Lipinski definition) is 2. The van der Waals surface area contributed by atoms with Gasteiger partial charge in [0.25, 0.3) is 11.8 Å². The van der Waals surface area contributed by atoms with Crippen molar-refractivity contribution in [3.05, 3.63) is 62.3 Å². The molecular weight excluding hydrogens is 611 g/mol. The number of nitrogens with one attached hydrogen (secondary N) is 1. The third-order valence-electron chi connectivity index (χ3n) is 5.88. The van der Waals surface area contributed by atoms with Crippen molar-refractivity contribution >= 4 is 68.5 Å². The summed E-state index contributed by atoms with van der Waals surface area (Å²) in [6.07, 6.45) is 2.67. The fourth-order valence-corrected chi connectivity index (χ4v) is 5.11. The van der Waals surface area contributed by atoms with Crippen LogP contribution in [0.2, 0.25) is 10.0 Å². The van der Waals surface area contributed by atoms with Crippen molar-refractivity contribution in [1.29, 1.82) is 0 Å². The predicted molar refractivity (Wildman–Crippen MR) is 152 cm³/mol. The predicted octanol–water partition coefficient (Wildman–Crippen LogP) is 6.04. The average Bonchev–Trinajstić information content (AvgIpc) is 3.59. The minimum atomic E-state index is -0.906. The molecule has 1 aliphatic rings. The molecule has 39 heavy (non-hydrogen) atoms. The first-order valence-electron chi connectivity index (χ1n) is 12.1. The molecule has 206 valence electrons. The molecule has 2 aromatic heterocycles. The number of aromatic nitrogens is 3. The van der Waals surface area contributed by atoms with Crippen LogP contribution < -0.4 is 16.0 Å². The Labute approximate surface area is 243 Å². The molecule has 0 spiro atoms. The van der Waals surface area contributed by atoms with Gasteiger partial charge in [-0.05, 0) is 86.6 Å². The van der Waals surface area contributed by atoms with Crippen LogP contribution in [0.15, 0.2) is 41.0 Å². The molecule has 2 heterocycles. The van der Waals surface area contributed by atoms with E-state index >= 15 is 0 Å². The van der Waals surface area contributed by atoms with Crippen LogP contribution in [-0.4, -0.2) is 44.3 Å². The molecule has 1 unspecified atom stereocenters. The van der Waals surface area contributed by atoms with Crippen molar-refractivity contribution < 1.29 is 19.1 Å². The Kier molecular flexibility index (Phi) is 8.25. The third-order valence-corrected chi connectivity index (χ3v) is 7.00. The van der Waals surface area contributed by atoms with Gasteiger partial charge in [0.15, 0.2) is 11.6 Å². The number of anilines is 2. The topological polar surface area (TPSA) is 132 Å². The summed E-state index contributed by atoms with van der Waals surface area (Å²) in [5.74, 6) is -0.838. The van der Waals surface area contributed by atoms with E-state index in [0.29, 0.717) is 10.4 Å². The summed E-state index contributed by atoms with van der Waals surface area (Å²) in [7, 11) is 0. The second-order valence-corrected chi connectivity index (χ2v) is 11.9. The number of amides is 3. The van der Waals surface area contributed by atoms with E-state index in [9.17, 15) is 14.4 Å². The summed E-state index contributed by atoms with van der Waals surface area (Å²) in [4.78, 5) is 44.9. The second-order valence-electron chi connectivity index (χ2n) is 10.2. The molecule has 1 atom stereocenters. The summed E-state index contributed by atoms with van der Waals surface area (Å²) >= 11 is 16.1. The van der Waals surface area contributed by atoms with Crippen LogP contribution in [-0.2, 0) is 4.74 Å². The highest BCUT2D eigenvalue weighted by Gasteiger charge is 2.35. The van der Waals surface area contributed by atoms with Crippen molar-refractivity contribution in [1.82, 2.24) is 20.1 Å². The number of nitrogens with zero attached hydrogens (tertiary/aromatic N) is 4. The number of hydrogen-bond acceptors (Lipinski definition) is 6. The lowest BCUT2D eigenvalue weighted by molar-refractivity contribution is 0.0597. The lowest BCUT2D eigenvalue weighted by atomic mass is 10.1. The third kappa shape index (κ3) is 6.54. The molecule has 1 fully saturated rings. The summed E-state index contributed by atoms with van der Waals surface area (Å²) in [6, 6.07) is 7.40. The van der Waals surface area contributed by atoms with Crippen molar-refractivity contribution in [2.45, 2.75) is 52.2 Å². The van der Waals surface area contributed by atoms with E-state index in [1.165, 1.54) is 24.4 Å². The molecule has 10 nitrogen and oxygen atoms in total. The zero-order valence-corrected chi connectivity index (χ0v) is 24.8. The minimum absolute atomic E-state index is 0.0629. The van der Waals surface area contributed by atoms with Crippen molar-refractivity contribution in [2.24, 2.45) is 11.7 Å². The van der Waals surface area contributed by atoms with Gasteiger partial charge < -0.3 is 15.8 Å². The molecule has 3 amide bonds. The molecule has 0 bridgehead atoms. The normalized spacial score (nSPS) is 14.0. The molecular formula is C26H27BrCl2N6O4. The van der Waals surface area contributed by atoms with Gasteiger partial charge in [-0.1, -0.05) is 23.2 Å². The summed E-state index contributed by atoms with van der Waals surface area (Å²) < 4.78 is 7.14. The number of ether oxygens (including phenoxy) is 1. The summed E-state index contributed by atoms with van der Waals surface area (Å²) in [6.45, 7) is 7.03. The Morgan fingerprint density at radius 2 is 1.92 bits per heavy atom. The highest BCUT2D eigenvalue weighted by Crippen LogP contribution is 2.40. The van der Waals surface area contributed by atoms with Crippen molar-refractivity contribution in [2.75, 3.05) is 4.90 Å². The minimum Gasteiger partial charge on any atom is -0.443 e. The number of benzene rings is 1. The highest BCUT2D eigenvalue weighted by molar-refractivity contribution is 9.10. The first kappa shape index (κ1) is 28.8. The highest BCUT2D eigenvalue weighted by atomic mass is 79.9. The SMILES string of the molecule is CC(NC(=O)c1cc(Cl)cc(Br)c1N(C(=O)OC(C)(C)C)c1cc(C(N)=O)n(-c2ncccc2Cl)n1)C1CC1.